The molecule has 1 aliphatic carbocycles. The highest BCUT2D eigenvalue weighted by Gasteiger charge is 2.33. The van der Waals surface area contributed by atoms with Gasteiger partial charge in [0.05, 0.1) is 24.0 Å². The number of nitrogens with one attached hydrogen (secondary N) is 1. The molecule has 0 radical (unpaired) electrons. The van der Waals surface area contributed by atoms with Crippen molar-refractivity contribution in [2.45, 2.75) is 51.2 Å². The Hall–Kier alpha value is -2.93. The number of fused-ring (bicyclic) bond motifs is 2. The van der Waals surface area contributed by atoms with Gasteiger partial charge in [-0.3, -0.25) is 9.59 Å². The van der Waals surface area contributed by atoms with Gasteiger partial charge in [0, 0.05) is 43.4 Å². The van der Waals surface area contributed by atoms with Crippen LogP contribution in [0.3, 0.4) is 0 Å². The molecule has 0 spiro atoms. The van der Waals surface area contributed by atoms with Gasteiger partial charge >= 0.3 is 0 Å². The lowest BCUT2D eigenvalue weighted by atomic mass is 9.86. The Kier molecular flexibility index (Phi) is 5.83. The molecule has 5 rings (SSSR count). The standard InChI is InChI=1S/C25H30N4O3/c1-32-20-9-6-17(7-10-20)25(31)29-16-19-5-4-12-26-23(19)27-21-11-8-18(15-22(21)29)24(30)28-13-2-3-14-28/h4-5,8,11-12,15,17,20H,2-3,6-7,9-10,13-14,16H2,1H3,(H,26,27)/t17-,20-. The van der Waals surface area contributed by atoms with E-state index in [9.17, 15) is 9.59 Å². The van der Waals surface area contributed by atoms with Crippen LogP contribution in [0.4, 0.5) is 17.2 Å². The number of aromatic nitrogens is 1. The van der Waals surface area contributed by atoms with Gasteiger partial charge in [0.1, 0.15) is 5.82 Å². The van der Waals surface area contributed by atoms with Crippen molar-refractivity contribution < 1.29 is 14.3 Å². The molecule has 7 nitrogen and oxygen atoms in total. The molecule has 0 unspecified atom stereocenters. The maximum atomic E-state index is 13.8. The molecule has 1 saturated heterocycles. The van der Waals surface area contributed by atoms with Crippen LogP contribution in [-0.4, -0.2) is 48.0 Å². The van der Waals surface area contributed by atoms with Crippen LogP contribution in [-0.2, 0) is 16.1 Å². The molecule has 1 aromatic heterocycles. The van der Waals surface area contributed by atoms with Crippen molar-refractivity contribution in [3.63, 3.8) is 0 Å². The van der Waals surface area contributed by atoms with E-state index in [1.165, 1.54) is 0 Å². The zero-order chi connectivity index (χ0) is 22.1. The summed E-state index contributed by atoms with van der Waals surface area (Å²) in [6.45, 7) is 2.04. The first-order chi connectivity index (χ1) is 15.6. The lowest BCUT2D eigenvalue weighted by Crippen LogP contribution is -2.38. The van der Waals surface area contributed by atoms with Crippen LogP contribution < -0.4 is 10.2 Å². The van der Waals surface area contributed by atoms with E-state index in [-0.39, 0.29) is 23.8 Å². The number of benzene rings is 1. The van der Waals surface area contributed by atoms with Gasteiger partial charge in [-0.25, -0.2) is 4.98 Å². The normalized spacial score (nSPS) is 22.5. The van der Waals surface area contributed by atoms with Crippen LogP contribution in [0.25, 0.3) is 0 Å². The monoisotopic (exact) mass is 434 g/mol. The summed E-state index contributed by atoms with van der Waals surface area (Å²) in [5.74, 6) is 0.874. The minimum absolute atomic E-state index is 0.0367. The number of carbonyl (C=O) groups excluding carboxylic acids is 2. The summed E-state index contributed by atoms with van der Waals surface area (Å²) in [7, 11) is 1.74. The van der Waals surface area contributed by atoms with Crippen molar-refractivity contribution in [2.24, 2.45) is 5.92 Å². The SMILES string of the molecule is CO[C@H]1CC[C@H](C(=O)N2Cc3cccnc3Nc3ccc(C(=O)N4CCCC4)cc32)CC1. The number of amides is 2. The Morgan fingerprint density at radius 3 is 2.62 bits per heavy atom. The lowest BCUT2D eigenvalue weighted by molar-refractivity contribution is -0.124. The van der Waals surface area contributed by atoms with E-state index in [4.69, 9.17) is 4.74 Å². The molecule has 2 fully saturated rings. The number of nitrogens with zero attached hydrogens (tertiary/aromatic N) is 3. The number of hydrogen-bond acceptors (Lipinski definition) is 5. The van der Waals surface area contributed by atoms with Crippen LogP contribution in [0.15, 0.2) is 36.5 Å². The number of hydrogen-bond donors (Lipinski definition) is 1. The number of anilines is 3. The van der Waals surface area contributed by atoms with Crippen LogP contribution in [0.1, 0.15) is 54.4 Å². The summed E-state index contributed by atoms with van der Waals surface area (Å²) in [5.41, 5.74) is 3.16. The number of ether oxygens (including phenoxy) is 1. The predicted octanol–water partition coefficient (Wildman–Crippen LogP) is 4.11. The molecule has 3 aliphatic rings. The summed E-state index contributed by atoms with van der Waals surface area (Å²) < 4.78 is 5.49. The average molecular weight is 435 g/mol. The molecule has 2 aliphatic heterocycles. The van der Waals surface area contributed by atoms with Crippen molar-refractivity contribution in [2.75, 3.05) is 30.4 Å². The predicted molar refractivity (Wildman–Crippen MR) is 123 cm³/mol. The van der Waals surface area contributed by atoms with E-state index in [0.29, 0.717) is 12.1 Å². The smallest absolute Gasteiger partial charge is 0.253 e. The molecular weight excluding hydrogens is 404 g/mol. The van der Waals surface area contributed by atoms with Crippen LogP contribution in [0, 0.1) is 5.92 Å². The second-order valence-electron chi connectivity index (χ2n) is 9.00. The second-order valence-corrected chi connectivity index (χ2v) is 9.00. The van der Waals surface area contributed by atoms with Crippen molar-refractivity contribution >= 4 is 29.0 Å². The third-order valence-corrected chi connectivity index (χ3v) is 7.02. The Morgan fingerprint density at radius 2 is 1.88 bits per heavy atom. The van der Waals surface area contributed by atoms with Gasteiger partial charge in [0.15, 0.2) is 0 Å². The summed E-state index contributed by atoms with van der Waals surface area (Å²) in [6.07, 6.45) is 7.54. The maximum Gasteiger partial charge on any atom is 0.253 e. The summed E-state index contributed by atoms with van der Waals surface area (Å²) in [5, 5.41) is 3.39. The summed E-state index contributed by atoms with van der Waals surface area (Å²) >= 11 is 0. The van der Waals surface area contributed by atoms with Gasteiger partial charge in [-0.15, -0.1) is 0 Å². The third kappa shape index (κ3) is 3.97. The van der Waals surface area contributed by atoms with E-state index in [1.807, 2.05) is 40.1 Å². The zero-order valence-electron chi connectivity index (χ0n) is 18.5. The number of likely N-dealkylation sites (tertiary alicyclic amines) is 1. The topological polar surface area (TPSA) is 74.8 Å². The quantitative estimate of drug-likeness (QED) is 0.787. The fourth-order valence-electron chi connectivity index (χ4n) is 5.12. The van der Waals surface area contributed by atoms with Crippen LogP contribution >= 0.6 is 0 Å². The summed E-state index contributed by atoms with van der Waals surface area (Å²) in [6, 6.07) is 9.54. The Labute approximate surface area is 188 Å². The van der Waals surface area contributed by atoms with Crippen LogP contribution in [0.5, 0.6) is 0 Å². The minimum Gasteiger partial charge on any atom is -0.381 e. The first kappa shape index (κ1) is 20.9. The molecule has 2 aromatic rings. The minimum atomic E-state index is -0.0367. The molecule has 1 saturated carbocycles. The van der Waals surface area contributed by atoms with Gasteiger partial charge in [0.2, 0.25) is 5.91 Å². The lowest BCUT2D eigenvalue weighted by Gasteiger charge is -2.32. The zero-order valence-corrected chi connectivity index (χ0v) is 18.5. The summed E-state index contributed by atoms with van der Waals surface area (Å²) in [4.78, 5) is 35.1. The molecule has 168 valence electrons. The van der Waals surface area contributed by atoms with Gasteiger partial charge < -0.3 is 19.9 Å². The molecule has 3 heterocycles. The molecule has 0 atom stereocenters. The molecule has 2 amide bonds. The highest BCUT2D eigenvalue weighted by atomic mass is 16.5. The van der Waals surface area contributed by atoms with E-state index < -0.39 is 0 Å². The van der Waals surface area contributed by atoms with Crippen molar-refractivity contribution in [1.29, 1.82) is 0 Å². The number of carbonyl (C=O) groups is 2. The van der Waals surface area contributed by atoms with Gasteiger partial charge in [-0.05, 0) is 62.8 Å². The fourth-order valence-corrected chi connectivity index (χ4v) is 5.12. The molecule has 0 bridgehead atoms. The van der Waals surface area contributed by atoms with Crippen molar-refractivity contribution in [3.05, 3.63) is 47.7 Å². The third-order valence-electron chi connectivity index (χ3n) is 7.02. The first-order valence-corrected chi connectivity index (χ1v) is 11.6. The number of methoxy groups -OCH3 is 1. The number of rotatable bonds is 3. The maximum absolute atomic E-state index is 13.8. The van der Waals surface area contributed by atoms with E-state index >= 15 is 0 Å². The molecule has 32 heavy (non-hydrogen) atoms. The highest BCUT2D eigenvalue weighted by molar-refractivity contribution is 6.03. The van der Waals surface area contributed by atoms with Crippen LogP contribution in [0.2, 0.25) is 0 Å². The highest BCUT2D eigenvalue weighted by Crippen LogP contribution is 2.38. The Balaban J connectivity index is 1.49. The Bertz CT molecular complexity index is 1010. The molecule has 7 heteroatoms. The van der Waals surface area contributed by atoms with Gasteiger partial charge in [-0.1, -0.05) is 6.07 Å². The second kappa shape index (κ2) is 8.90. The fraction of sp³-hybridized carbons (Fsp3) is 0.480. The van der Waals surface area contributed by atoms with E-state index in [0.717, 1.165) is 74.4 Å². The molecule has 1 aromatic carbocycles. The molecule has 1 N–H and O–H groups in total. The van der Waals surface area contributed by atoms with Crippen molar-refractivity contribution in [3.8, 4) is 0 Å². The number of pyridine rings is 1. The molecular formula is C25H30N4O3. The van der Waals surface area contributed by atoms with E-state index in [2.05, 4.69) is 10.3 Å². The largest absolute Gasteiger partial charge is 0.381 e. The first-order valence-electron chi connectivity index (χ1n) is 11.6. The Morgan fingerprint density at radius 1 is 1.09 bits per heavy atom. The van der Waals surface area contributed by atoms with Gasteiger partial charge in [0.25, 0.3) is 5.91 Å². The van der Waals surface area contributed by atoms with Crippen molar-refractivity contribution in [1.82, 2.24) is 9.88 Å². The average Bonchev–Trinajstić information content (AvgIpc) is 3.32. The van der Waals surface area contributed by atoms with Gasteiger partial charge in [-0.2, -0.15) is 0 Å². The van der Waals surface area contributed by atoms with E-state index in [1.54, 1.807) is 13.3 Å².